The van der Waals surface area contributed by atoms with Crippen molar-refractivity contribution in [1.82, 2.24) is 4.90 Å². The molecule has 0 unspecified atom stereocenters. The van der Waals surface area contributed by atoms with Crippen LogP contribution in [-0.4, -0.2) is 22.9 Å². The summed E-state index contributed by atoms with van der Waals surface area (Å²) in [6, 6.07) is 3.39. The summed E-state index contributed by atoms with van der Waals surface area (Å²) in [4.78, 5) is 12.6. The van der Waals surface area contributed by atoms with Crippen molar-refractivity contribution >= 4 is 0 Å². The first kappa shape index (κ1) is 13.7. The van der Waals surface area contributed by atoms with Crippen LogP contribution in [0, 0.1) is 32.8 Å². The third-order valence-corrected chi connectivity index (χ3v) is 3.06. The van der Waals surface area contributed by atoms with E-state index in [9.17, 15) is 10.1 Å². The van der Waals surface area contributed by atoms with Crippen molar-refractivity contribution in [1.29, 1.82) is 10.5 Å². The molecule has 0 N–H and O–H groups in total. The summed E-state index contributed by atoms with van der Waals surface area (Å²) in [6.45, 7) is 4.68. The molecule has 1 rings (SSSR count). The number of nitriles is 2. The molecule has 1 heterocycles. The normalized spacial score (nSPS) is 15.4. The zero-order valence-corrected chi connectivity index (χ0v) is 10.4. The molecule has 0 aromatic carbocycles. The van der Waals surface area contributed by atoms with Gasteiger partial charge in [-0.05, 0) is 26.7 Å². The second-order valence-corrected chi connectivity index (χ2v) is 4.11. The Balaban J connectivity index is 3.31. The SMILES string of the molecule is CC(=C(C#N)C#N)/C(=C(\C)N1CCCC1)[N+](=O)[O-]. The average Bonchev–Trinajstić information content (AvgIpc) is 2.83. The largest absolute Gasteiger partial charge is 0.370 e. The summed E-state index contributed by atoms with van der Waals surface area (Å²) in [5.74, 6) is 0. The lowest BCUT2D eigenvalue weighted by molar-refractivity contribution is -0.423. The van der Waals surface area contributed by atoms with Crippen molar-refractivity contribution in [2.45, 2.75) is 26.7 Å². The maximum absolute atomic E-state index is 11.1. The predicted molar refractivity (Wildman–Crippen MR) is 64.4 cm³/mol. The van der Waals surface area contributed by atoms with Crippen LogP contribution < -0.4 is 0 Å². The molecular weight excluding hydrogens is 232 g/mol. The lowest BCUT2D eigenvalue weighted by Gasteiger charge is -2.18. The zero-order chi connectivity index (χ0) is 13.7. The summed E-state index contributed by atoms with van der Waals surface area (Å²) in [5, 5.41) is 28.7. The molecule has 94 valence electrons. The van der Waals surface area contributed by atoms with E-state index in [4.69, 9.17) is 10.5 Å². The van der Waals surface area contributed by atoms with Gasteiger partial charge in [-0.3, -0.25) is 10.1 Å². The zero-order valence-electron chi connectivity index (χ0n) is 10.4. The van der Waals surface area contributed by atoms with Crippen molar-refractivity contribution in [3.05, 3.63) is 32.7 Å². The standard InChI is InChI=1S/C12H14N4O2/c1-9(11(7-13)8-14)12(16(17)18)10(2)15-5-3-4-6-15/h3-6H2,1-2H3/b12-10-. The fourth-order valence-corrected chi connectivity index (χ4v) is 2.05. The maximum atomic E-state index is 11.1. The summed E-state index contributed by atoms with van der Waals surface area (Å²) >= 11 is 0. The molecule has 0 bridgehead atoms. The monoisotopic (exact) mass is 246 g/mol. The average molecular weight is 246 g/mol. The lowest BCUT2D eigenvalue weighted by Crippen LogP contribution is -2.21. The lowest BCUT2D eigenvalue weighted by atomic mass is 10.1. The Morgan fingerprint density at radius 2 is 1.72 bits per heavy atom. The van der Waals surface area contributed by atoms with Gasteiger partial charge >= 0.3 is 0 Å². The summed E-state index contributed by atoms with van der Waals surface area (Å²) in [7, 11) is 0. The van der Waals surface area contributed by atoms with Gasteiger partial charge in [0.05, 0.1) is 16.2 Å². The molecule has 0 saturated carbocycles. The first-order valence-electron chi connectivity index (χ1n) is 5.64. The van der Waals surface area contributed by atoms with E-state index in [-0.39, 0.29) is 16.8 Å². The van der Waals surface area contributed by atoms with Crippen LogP contribution in [0.5, 0.6) is 0 Å². The number of nitrogens with zero attached hydrogens (tertiary/aromatic N) is 4. The van der Waals surface area contributed by atoms with E-state index in [0.29, 0.717) is 5.70 Å². The van der Waals surface area contributed by atoms with Gasteiger partial charge in [-0.1, -0.05) is 0 Å². The first-order chi connectivity index (χ1) is 8.52. The Morgan fingerprint density at radius 3 is 2.11 bits per heavy atom. The number of likely N-dealkylation sites (tertiary alicyclic amines) is 1. The minimum absolute atomic E-state index is 0.130. The molecule has 18 heavy (non-hydrogen) atoms. The fraction of sp³-hybridized carbons (Fsp3) is 0.500. The Hall–Kier alpha value is -2.34. The van der Waals surface area contributed by atoms with Crippen LogP contribution in [-0.2, 0) is 0 Å². The van der Waals surface area contributed by atoms with Gasteiger partial charge in [-0.15, -0.1) is 0 Å². The van der Waals surface area contributed by atoms with E-state index in [2.05, 4.69) is 0 Å². The highest BCUT2D eigenvalue weighted by Gasteiger charge is 2.26. The molecule has 6 nitrogen and oxygen atoms in total. The van der Waals surface area contributed by atoms with E-state index in [1.54, 1.807) is 19.1 Å². The highest BCUT2D eigenvalue weighted by molar-refractivity contribution is 5.46. The Labute approximate surface area is 106 Å². The second kappa shape index (κ2) is 5.83. The molecule has 0 aliphatic carbocycles. The van der Waals surface area contributed by atoms with Crippen molar-refractivity contribution in [3.8, 4) is 12.1 Å². The van der Waals surface area contributed by atoms with E-state index >= 15 is 0 Å². The molecule has 6 heteroatoms. The molecular formula is C12H14N4O2. The Morgan fingerprint density at radius 1 is 1.22 bits per heavy atom. The topological polar surface area (TPSA) is 94.0 Å². The number of hydrogen-bond acceptors (Lipinski definition) is 5. The van der Waals surface area contributed by atoms with Crippen LogP contribution in [0.25, 0.3) is 0 Å². The quantitative estimate of drug-likeness (QED) is 0.328. The molecule has 0 amide bonds. The second-order valence-electron chi connectivity index (χ2n) is 4.11. The third kappa shape index (κ3) is 2.67. The van der Waals surface area contributed by atoms with Crippen LogP contribution in [0.2, 0.25) is 0 Å². The minimum Gasteiger partial charge on any atom is -0.370 e. The van der Waals surface area contributed by atoms with Crippen LogP contribution >= 0.6 is 0 Å². The maximum Gasteiger partial charge on any atom is 0.292 e. The van der Waals surface area contributed by atoms with Crippen LogP contribution in [0.1, 0.15) is 26.7 Å². The van der Waals surface area contributed by atoms with E-state index < -0.39 is 4.92 Å². The van der Waals surface area contributed by atoms with Crippen LogP contribution in [0.3, 0.4) is 0 Å². The van der Waals surface area contributed by atoms with Crippen molar-refractivity contribution < 1.29 is 4.92 Å². The van der Waals surface area contributed by atoms with Gasteiger partial charge in [-0.25, -0.2) is 0 Å². The van der Waals surface area contributed by atoms with E-state index in [1.165, 1.54) is 6.92 Å². The van der Waals surface area contributed by atoms with Gasteiger partial charge in [0.1, 0.15) is 17.7 Å². The van der Waals surface area contributed by atoms with Gasteiger partial charge in [-0.2, -0.15) is 10.5 Å². The van der Waals surface area contributed by atoms with Gasteiger partial charge in [0.2, 0.25) is 0 Å². The molecule has 1 saturated heterocycles. The number of rotatable bonds is 3. The number of hydrogen-bond donors (Lipinski definition) is 0. The van der Waals surface area contributed by atoms with Gasteiger partial charge in [0.25, 0.3) is 5.70 Å². The van der Waals surface area contributed by atoms with Gasteiger partial charge in [0.15, 0.2) is 0 Å². The molecule has 1 fully saturated rings. The Kier molecular flexibility index (Phi) is 4.45. The third-order valence-electron chi connectivity index (χ3n) is 3.06. The number of nitro groups is 1. The van der Waals surface area contributed by atoms with Crippen LogP contribution in [0.15, 0.2) is 22.5 Å². The van der Waals surface area contributed by atoms with Gasteiger partial charge in [0, 0.05) is 13.1 Å². The van der Waals surface area contributed by atoms with Crippen molar-refractivity contribution in [2.24, 2.45) is 0 Å². The smallest absolute Gasteiger partial charge is 0.292 e. The van der Waals surface area contributed by atoms with Crippen molar-refractivity contribution in [3.63, 3.8) is 0 Å². The molecule has 0 aromatic heterocycles. The van der Waals surface area contributed by atoms with E-state index in [1.807, 2.05) is 4.90 Å². The highest BCUT2D eigenvalue weighted by Crippen LogP contribution is 2.23. The molecule has 0 spiro atoms. The van der Waals surface area contributed by atoms with Gasteiger partial charge < -0.3 is 4.90 Å². The predicted octanol–water partition coefficient (Wildman–Crippen LogP) is 1.95. The summed E-state index contributed by atoms with van der Waals surface area (Å²) < 4.78 is 0. The molecule has 1 aliphatic heterocycles. The number of allylic oxidation sites excluding steroid dienone is 3. The van der Waals surface area contributed by atoms with E-state index in [0.717, 1.165) is 25.9 Å². The summed E-state index contributed by atoms with van der Waals surface area (Å²) in [6.07, 6.45) is 2.02. The van der Waals surface area contributed by atoms with Crippen LogP contribution in [0.4, 0.5) is 0 Å². The molecule has 0 atom stereocenters. The minimum atomic E-state index is -0.516. The molecule has 0 radical (unpaired) electrons. The summed E-state index contributed by atoms with van der Waals surface area (Å²) in [5.41, 5.74) is 0.322. The molecule has 1 aliphatic rings. The molecule has 0 aromatic rings. The highest BCUT2D eigenvalue weighted by atomic mass is 16.6. The van der Waals surface area contributed by atoms with Crippen molar-refractivity contribution in [2.75, 3.05) is 13.1 Å². The fourth-order valence-electron chi connectivity index (χ4n) is 2.05. The Bertz CT molecular complexity index is 483. The first-order valence-corrected chi connectivity index (χ1v) is 5.64.